The number of fused-ring (bicyclic) bond motifs is 4. The molecule has 0 atom stereocenters. The standard InChI is InChI=1S/C64H59BN2/c1-40-33-42(3)60(43(4)34-40)49-35-52(61-51-22-16-15-21-47(51)27-30-56(61)66-50-28-25-46(26-29-50)44-17-11-9-12-18-44)62-59(37-49)67(57-36-48(24-23-41(57)2)45-19-13-10-14-20-45)58-39-54-53(38-55(58)65-62)63(5,6)31-32-64(54,7)8/h9-30,33-39,65-66H,31-32H2,1-8H3. The van der Waals surface area contributed by atoms with Crippen molar-refractivity contribution in [2.45, 2.75) is 79.1 Å². The van der Waals surface area contributed by atoms with E-state index in [4.69, 9.17) is 0 Å². The molecule has 0 spiro atoms. The first-order valence-corrected chi connectivity index (χ1v) is 24.2. The van der Waals surface area contributed by atoms with Crippen molar-refractivity contribution in [1.82, 2.24) is 0 Å². The molecule has 0 aromatic heterocycles. The zero-order chi connectivity index (χ0) is 46.2. The van der Waals surface area contributed by atoms with Crippen LogP contribution < -0.4 is 21.1 Å². The van der Waals surface area contributed by atoms with Crippen molar-refractivity contribution >= 4 is 57.4 Å². The predicted molar refractivity (Wildman–Crippen MR) is 291 cm³/mol. The Morgan fingerprint density at radius 2 is 1.04 bits per heavy atom. The smallest absolute Gasteiger partial charge is 0.198 e. The first kappa shape index (κ1) is 42.5. The van der Waals surface area contributed by atoms with E-state index in [1.54, 1.807) is 0 Å². The molecule has 11 rings (SSSR count). The van der Waals surface area contributed by atoms with Gasteiger partial charge in [-0.05, 0) is 177 Å². The lowest BCUT2D eigenvalue weighted by Crippen LogP contribution is -2.44. The number of hydrogen-bond acceptors (Lipinski definition) is 2. The lowest BCUT2D eigenvalue weighted by molar-refractivity contribution is 0.332. The molecule has 0 fully saturated rings. The molecule has 67 heavy (non-hydrogen) atoms. The van der Waals surface area contributed by atoms with Crippen LogP contribution in [0.2, 0.25) is 0 Å². The summed E-state index contributed by atoms with van der Waals surface area (Å²) in [5.74, 6) is 0. The number of nitrogens with zero attached hydrogens (tertiary/aromatic N) is 1. The number of anilines is 5. The number of aryl methyl sites for hydroxylation is 4. The molecule has 328 valence electrons. The maximum absolute atomic E-state index is 3.98. The van der Waals surface area contributed by atoms with Crippen LogP contribution in [0.4, 0.5) is 28.4 Å². The van der Waals surface area contributed by atoms with Crippen molar-refractivity contribution in [3.8, 4) is 44.5 Å². The van der Waals surface area contributed by atoms with E-state index < -0.39 is 0 Å². The third kappa shape index (κ3) is 7.55. The number of hydrogen-bond donors (Lipinski definition) is 1. The summed E-state index contributed by atoms with van der Waals surface area (Å²) in [6.45, 7) is 18.9. The molecule has 0 unspecified atom stereocenters. The van der Waals surface area contributed by atoms with Crippen molar-refractivity contribution in [2.75, 3.05) is 10.2 Å². The van der Waals surface area contributed by atoms with Gasteiger partial charge in [0.15, 0.2) is 7.28 Å². The molecule has 3 heteroatoms. The number of nitrogens with one attached hydrogen (secondary N) is 1. The highest BCUT2D eigenvalue weighted by Crippen LogP contribution is 2.50. The van der Waals surface area contributed by atoms with Crippen molar-refractivity contribution in [1.29, 1.82) is 0 Å². The lowest BCUT2D eigenvalue weighted by atomic mass is 9.55. The summed E-state index contributed by atoms with van der Waals surface area (Å²) in [7, 11) is 0.818. The van der Waals surface area contributed by atoms with Gasteiger partial charge in [0.05, 0.1) is 0 Å². The van der Waals surface area contributed by atoms with Gasteiger partial charge in [0, 0.05) is 34.0 Å². The summed E-state index contributed by atoms with van der Waals surface area (Å²) in [5.41, 5.74) is 26.7. The van der Waals surface area contributed by atoms with Gasteiger partial charge in [-0.3, -0.25) is 0 Å². The second kappa shape index (κ2) is 16.4. The van der Waals surface area contributed by atoms with Crippen LogP contribution >= 0.6 is 0 Å². The highest BCUT2D eigenvalue weighted by Gasteiger charge is 2.40. The Morgan fingerprint density at radius 1 is 0.463 bits per heavy atom. The van der Waals surface area contributed by atoms with Crippen molar-refractivity contribution in [2.24, 2.45) is 0 Å². The average Bonchev–Trinajstić information content (AvgIpc) is 3.32. The van der Waals surface area contributed by atoms with E-state index in [-0.39, 0.29) is 10.8 Å². The molecule has 2 aliphatic rings. The Balaban J connectivity index is 1.22. The van der Waals surface area contributed by atoms with Gasteiger partial charge in [0.1, 0.15) is 0 Å². The van der Waals surface area contributed by atoms with Gasteiger partial charge in [0.25, 0.3) is 0 Å². The molecule has 0 radical (unpaired) electrons. The summed E-state index contributed by atoms with van der Waals surface area (Å²) in [4.78, 5) is 2.65. The maximum atomic E-state index is 3.98. The summed E-state index contributed by atoms with van der Waals surface area (Å²) in [6, 6.07) is 65.9. The van der Waals surface area contributed by atoms with E-state index in [9.17, 15) is 0 Å². The second-order valence-electron chi connectivity index (χ2n) is 20.7. The Bertz CT molecular complexity index is 3360. The van der Waals surface area contributed by atoms with Crippen molar-refractivity contribution in [3.05, 3.63) is 209 Å². The topological polar surface area (TPSA) is 15.3 Å². The molecule has 0 amide bonds. The number of benzene rings is 9. The Labute approximate surface area is 398 Å². The van der Waals surface area contributed by atoms with Crippen molar-refractivity contribution in [3.63, 3.8) is 0 Å². The van der Waals surface area contributed by atoms with Crippen LogP contribution in [0.1, 0.15) is 73.9 Å². The van der Waals surface area contributed by atoms with E-state index in [0.717, 1.165) is 25.1 Å². The monoisotopic (exact) mass is 866 g/mol. The molecule has 2 nitrogen and oxygen atoms in total. The number of rotatable bonds is 7. The van der Waals surface area contributed by atoms with E-state index in [1.165, 1.54) is 123 Å². The quantitative estimate of drug-likeness (QED) is 0.161. The van der Waals surface area contributed by atoms with E-state index in [1.807, 2.05) is 0 Å². The second-order valence-corrected chi connectivity index (χ2v) is 20.7. The lowest BCUT2D eigenvalue weighted by Gasteiger charge is -2.44. The normalized spacial score (nSPS) is 14.5. The molecule has 9 aromatic rings. The Kier molecular flexibility index (Phi) is 10.4. The molecular formula is C64H59BN2. The van der Waals surface area contributed by atoms with Crippen LogP contribution in [-0.4, -0.2) is 7.28 Å². The van der Waals surface area contributed by atoms with Gasteiger partial charge in [0.2, 0.25) is 0 Å². The molecular weight excluding hydrogens is 808 g/mol. The summed E-state index contributed by atoms with van der Waals surface area (Å²) in [6.07, 6.45) is 2.34. The third-order valence-corrected chi connectivity index (χ3v) is 15.1. The van der Waals surface area contributed by atoms with Crippen LogP contribution in [0.5, 0.6) is 0 Å². The van der Waals surface area contributed by atoms with Gasteiger partial charge in [-0.15, -0.1) is 0 Å². The molecule has 1 heterocycles. The van der Waals surface area contributed by atoms with E-state index >= 15 is 0 Å². The minimum absolute atomic E-state index is 0.0543. The minimum Gasteiger partial charge on any atom is -0.355 e. The van der Waals surface area contributed by atoms with Crippen LogP contribution in [-0.2, 0) is 10.8 Å². The zero-order valence-corrected chi connectivity index (χ0v) is 40.3. The van der Waals surface area contributed by atoms with E-state index in [0.29, 0.717) is 0 Å². The van der Waals surface area contributed by atoms with Crippen LogP contribution in [0.15, 0.2) is 176 Å². The Hall–Kier alpha value is -7.10. The molecule has 0 saturated heterocycles. The largest absolute Gasteiger partial charge is 0.355 e. The third-order valence-electron chi connectivity index (χ3n) is 15.1. The molecule has 1 aliphatic carbocycles. The van der Waals surface area contributed by atoms with Gasteiger partial charge in [-0.25, -0.2) is 0 Å². The van der Waals surface area contributed by atoms with Crippen molar-refractivity contribution < 1.29 is 0 Å². The predicted octanol–water partition coefficient (Wildman–Crippen LogP) is 16.0. The maximum Gasteiger partial charge on any atom is 0.198 e. The van der Waals surface area contributed by atoms with Crippen LogP contribution in [0.25, 0.3) is 55.3 Å². The fourth-order valence-electron chi connectivity index (χ4n) is 11.5. The highest BCUT2D eigenvalue weighted by molar-refractivity contribution is 6.73. The fraction of sp³-hybridized carbons (Fsp3) is 0.188. The van der Waals surface area contributed by atoms with Crippen LogP contribution in [0.3, 0.4) is 0 Å². The minimum atomic E-state index is 0.0543. The van der Waals surface area contributed by atoms with Gasteiger partial charge >= 0.3 is 0 Å². The van der Waals surface area contributed by atoms with Crippen LogP contribution in [0, 0.1) is 27.7 Å². The first-order valence-electron chi connectivity index (χ1n) is 24.2. The molecule has 1 N–H and O–H groups in total. The molecule has 1 aliphatic heterocycles. The Morgan fingerprint density at radius 3 is 1.73 bits per heavy atom. The average molecular weight is 867 g/mol. The van der Waals surface area contributed by atoms with Gasteiger partial charge in [-0.2, -0.15) is 0 Å². The SMILES string of the molecule is Cc1cc(C)c(-c2cc(-c3c(Nc4ccc(-c5ccccc5)cc4)ccc4ccccc34)c3c(c2)N(c2cc(-c4ccccc4)ccc2C)c2cc4c(cc2B3)C(C)(C)CCC4(C)C)c(C)c1. The summed E-state index contributed by atoms with van der Waals surface area (Å²) in [5, 5.41) is 6.44. The molecule has 0 bridgehead atoms. The summed E-state index contributed by atoms with van der Waals surface area (Å²) >= 11 is 0. The van der Waals surface area contributed by atoms with E-state index in [2.05, 4.69) is 242 Å². The highest BCUT2D eigenvalue weighted by atomic mass is 15.2. The fourth-order valence-corrected chi connectivity index (χ4v) is 11.5. The molecule has 9 aromatic carbocycles. The first-order chi connectivity index (χ1) is 32.3. The van der Waals surface area contributed by atoms with Gasteiger partial charge in [-0.1, -0.05) is 172 Å². The van der Waals surface area contributed by atoms with Gasteiger partial charge < -0.3 is 10.2 Å². The zero-order valence-electron chi connectivity index (χ0n) is 40.3. The summed E-state index contributed by atoms with van der Waals surface area (Å²) < 4.78 is 0. The molecule has 0 saturated carbocycles.